The number of para-hydroxylation sites is 1. The zero-order valence-corrected chi connectivity index (χ0v) is 14.4. The van der Waals surface area contributed by atoms with Gasteiger partial charge in [0, 0.05) is 18.9 Å². The molecule has 1 heterocycles. The van der Waals surface area contributed by atoms with Crippen LogP contribution in [-0.2, 0) is 22.6 Å². The van der Waals surface area contributed by atoms with Crippen molar-refractivity contribution in [1.82, 2.24) is 0 Å². The van der Waals surface area contributed by atoms with Gasteiger partial charge in [-0.2, -0.15) is 0 Å². The Morgan fingerprint density at radius 2 is 1.72 bits per heavy atom. The van der Waals surface area contributed by atoms with Crippen molar-refractivity contribution in [3.63, 3.8) is 0 Å². The second kappa shape index (κ2) is 9.20. The second-order valence-corrected chi connectivity index (χ2v) is 6.13. The predicted molar refractivity (Wildman–Crippen MR) is 100 cm³/mol. The maximum absolute atomic E-state index is 5.94. The molecule has 3 N–H and O–H groups in total. The molecule has 25 heavy (non-hydrogen) atoms. The van der Waals surface area contributed by atoms with Crippen LogP contribution in [0, 0.1) is 0 Å². The predicted octanol–water partition coefficient (Wildman–Crippen LogP) is 3.31. The van der Waals surface area contributed by atoms with Gasteiger partial charge in [0.1, 0.15) is 0 Å². The molecule has 0 atom stereocenters. The number of hydrogen-bond donors (Lipinski definition) is 2. The zero-order chi connectivity index (χ0) is 17.3. The van der Waals surface area contributed by atoms with Gasteiger partial charge in [-0.1, -0.05) is 42.5 Å². The van der Waals surface area contributed by atoms with E-state index >= 15 is 0 Å². The van der Waals surface area contributed by atoms with E-state index in [1.165, 1.54) is 5.56 Å². The van der Waals surface area contributed by atoms with Gasteiger partial charge in [-0.3, -0.25) is 0 Å². The molecule has 132 valence electrons. The largest absolute Gasteiger partial charge is 0.381 e. The van der Waals surface area contributed by atoms with E-state index in [0.29, 0.717) is 25.2 Å². The van der Waals surface area contributed by atoms with Gasteiger partial charge < -0.3 is 20.5 Å². The summed E-state index contributed by atoms with van der Waals surface area (Å²) in [6.07, 6.45) is 2.29. The monoisotopic (exact) mass is 339 g/mol. The number of guanidine groups is 1. The van der Waals surface area contributed by atoms with Gasteiger partial charge in [0.25, 0.3) is 0 Å². The minimum absolute atomic E-state index is 0.321. The van der Waals surface area contributed by atoms with E-state index in [1.54, 1.807) is 0 Å². The van der Waals surface area contributed by atoms with E-state index in [0.717, 1.165) is 37.3 Å². The summed E-state index contributed by atoms with van der Waals surface area (Å²) in [7, 11) is 0. The topological polar surface area (TPSA) is 68.9 Å². The van der Waals surface area contributed by atoms with Crippen LogP contribution >= 0.6 is 0 Å². The minimum Gasteiger partial charge on any atom is -0.381 e. The first-order chi connectivity index (χ1) is 12.3. The van der Waals surface area contributed by atoms with E-state index in [-0.39, 0.29) is 0 Å². The number of nitrogens with one attached hydrogen (secondary N) is 1. The number of aliphatic imine (C=N–C) groups is 1. The molecule has 5 heteroatoms. The second-order valence-electron chi connectivity index (χ2n) is 6.13. The van der Waals surface area contributed by atoms with Crippen LogP contribution in [0.25, 0.3) is 0 Å². The molecule has 0 unspecified atom stereocenters. The van der Waals surface area contributed by atoms with Gasteiger partial charge in [-0.05, 0) is 36.1 Å². The molecule has 0 amide bonds. The molecule has 1 aliphatic rings. The molecule has 0 saturated carbocycles. The number of nitrogens with zero attached hydrogens (tertiary/aromatic N) is 1. The fraction of sp³-hybridized carbons (Fsp3) is 0.350. The first-order valence-electron chi connectivity index (χ1n) is 8.69. The molecule has 0 aliphatic carbocycles. The lowest BCUT2D eigenvalue weighted by molar-refractivity contribution is -0.0390. The van der Waals surface area contributed by atoms with Gasteiger partial charge in [0.2, 0.25) is 0 Å². The molecule has 3 rings (SSSR count). The van der Waals surface area contributed by atoms with Gasteiger partial charge >= 0.3 is 0 Å². The van der Waals surface area contributed by atoms with Crippen LogP contribution in [0.4, 0.5) is 5.69 Å². The Kier molecular flexibility index (Phi) is 6.42. The summed E-state index contributed by atoms with van der Waals surface area (Å²) in [5.74, 6) is 0.415. The summed E-state index contributed by atoms with van der Waals surface area (Å²) in [6, 6.07) is 18.1. The number of anilines is 1. The Morgan fingerprint density at radius 3 is 2.44 bits per heavy atom. The number of benzene rings is 2. The quantitative estimate of drug-likeness (QED) is 0.626. The number of rotatable bonds is 6. The SMILES string of the molecule is NC(=NCc1ccc(COC2CCOCC2)cc1)Nc1ccccc1. The summed E-state index contributed by atoms with van der Waals surface area (Å²) < 4.78 is 11.3. The van der Waals surface area contributed by atoms with Crippen LogP contribution in [0.1, 0.15) is 24.0 Å². The smallest absolute Gasteiger partial charge is 0.193 e. The summed E-state index contributed by atoms with van der Waals surface area (Å²) in [5, 5.41) is 3.08. The first kappa shape index (κ1) is 17.5. The average molecular weight is 339 g/mol. The number of ether oxygens (including phenoxy) is 2. The van der Waals surface area contributed by atoms with Crippen LogP contribution in [0.15, 0.2) is 59.6 Å². The lowest BCUT2D eigenvalue weighted by Crippen LogP contribution is -2.23. The fourth-order valence-electron chi connectivity index (χ4n) is 2.68. The van der Waals surface area contributed by atoms with Gasteiger partial charge in [0.05, 0.1) is 19.3 Å². The maximum atomic E-state index is 5.94. The highest BCUT2D eigenvalue weighted by Gasteiger charge is 2.13. The van der Waals surface area contributed by atoms with Crippen molar-refractivity contribution in [3.05, 3.63) is 65.7 Å². The van der Waals surface area contributed by atoms with E-state index in [1.807, 2.05) is 30.3 Å². The Morgan fingerprint density at radius 1 is 1.04 bits per heavy atom. The molecule has 1 saturated heterocycles. The molecular formula is C20H25N3O2. The summed E-state index contributed by atoms with van der Waals surface area (Å²) in [5.41, 5.74) is 9.15. The standard InChI is InChI=1S/C20H25N3O2/c21-20(23-18-4-2-1-3-5-18)22-14-16-6-8-17(9-7-16)15-25-19-10-12-24-13-11-19/h1-9,19H,10-15H2,(H3,21,22,23). The van der Waals surface area contributed by atoms with Gasteiger partial charge in [-0.25, -0.2) is 4.99 Å². The van der Waals surface area contributed by atoms with Crippen molar-refractivity contribution < 1.29 is 9.47 Å². The maximum Gasteiger partial charge on any atom is 0.193 e. The molecular weight excluding hydrogens is 314 g/mol. The van der Waals surface area contributed by atoms with Crippen molar-refractivity contribution in [1.29, 1.82) is 0 Å². The highest BCUT2D eigenvalue weighted by Crippen LogP contribution is 2.14. The molecule has 2 aromatic rings. The van der Waals surface area contributed by atoms with Gasteiger partial charge in [-0.15, -0.1) is 0 Å². The van der Waals surface area contributed by atoms with Crippen LogP contribution in [0.3, 0.4) is 0 Å². The van der Waals surface area contributed by atoms with Crippen molar-refractivity contribution in [3.8, 4) is 0 Å². The molecule has 0 spiro atoms. The zero-order valence-electron chi connectivity index (χ0n) is 14.4. The molecule has 2 aromatic carbocycles. The third-order valence-corrected chi connectivity index (χ3v) is 4.16. The van der Waals surface area contributed by atoms with E-state index in [9.17, 15) is 0 Å². The third-order valence-electron chi connectivity index (χ3n) is 4.16. The summed E-state index contributed by atoms with van der Waals surface area (Å²) in [6.45, 7) is 2.80. The molecule has 5 nitrogen and oxygen atoms in total. The first-order valence-corrected chi connectivity index (χ1v) is 8.69. The lowest BCUT2D eigenvalue weighted by Gasteiger charge is -2.22. The fourth-order valence-corrected chi connectivity index (χ4v) is 2.68. The lowest BCUT2D eigenvalue weighted by atomic mass is 10.1. The Balaban J connectivity index is 1.46. The Labute approximate surface area is 148 Å². The molecule has 0 aromatic heterocycles. The molecule has 1 fully saturated rings. The molecule has 0 radical (unpaired) electrons. The molecule has 0 bridgehead atoms. The van der Waals surface area contributed by atoms with Gasteiger partial charge in [0.15, 0.2) is 5.96 Å². The van der Waals surface area contributed by atoms with Crippen molar-refractivity contribution in [2.24, 2.45) is 10.7 Å². The van der Waals surface area contributed by atoms with Crippen molar-refractivity contribution in [2.75, 3.05) is 18.5 Å². The molecule has 1 aliphatic heterocycles. The van der Waals surface area contributed by atoms with Crippen LogP contribution in [0.5, 0.6) is 0 Å². The van der Waals surface area contributed by atoms with Crippen LogP contribution < -0.4 is 11.1 Å². The van der Waals surface area contributed by atoms with E-state index in [4.69, 9.17) is 15.2 Å². The highest BCUT2D eigenvalue weighted by atomic mass is 16.5. The Bertz CT molecular complexity index is 665. The van der Waals surface area contributed by atoms with Crippen molar-refractivity contribution in [2.45, 2.75) is 32.1 Å². The third kappa shape index (κ3) is 5.89. The van der Waals surface area contributed by atoms with Crippen LogP contribution in [0.2, 0.25) is 0 Å². The summed E-state index contributed by atoms with van der Waals surface area (Å²) >= 11 is 0. The van der Waals surface area contributed by atoms with E-state index < -0.39 is 0 Å². The van der Waals surface area contributed by atoms with Crippen molar-refractivity contribution >= 4 is 11.6 Å². The number of nitrogens with two attached hydrogens (primary N) is 1. The normalized spacial score (nSPS) is 15.9. The highest BCUT2D eigenvalue weighted by molar-refractivity contribution is 5.92. The Hall–Kier alpha value is -2.37. The summed E-state index contributed by atoms with van der Waals surface area (Å²) in [4.78, 5) is 4.38. The average Bonchev–Trinajstić information content (AvgIpc) is 2.67. The number of hydrogen-bond acceptors (Lipinski definition) is 3. The van der Waals surface area contributed by atoms with E-state index in [2.05, 4.69) is 34.6 Å². The van der Waals surface area contributed by atoms with Crippen LogP contribution in [-0.4, -0.2) is 25.3 Å². The minimum atomic E-state index is 0.321.